The lowest BCUT2D eigenvalue weighted by Crippen LogP contribution is -2.47. The van der Waals surface area contributed by atoms with Crippen molar-refractivity contribution in [1.82, 2.24) is 9.88 Å². The normalized spacial score (nSPS) is 16.9. The lowest BCUT2D eigenvalue weighted by molar-refractivity contribution is -0.143. The first-order chi connectivity index (χ1) is 20.4. The number of hydrogen-bond donors (Lipinski definition) is 1. The van der Waals surface area contributed by atoms with E-state index in [9.17, 15) is 14.7 Å². The Bertz CT molecular complexity index is 1480. The van der Waals surface area contributed by atoms with Gasteiger partial charge in [0.2, 0.25) is 5.89 Å². The molecule has 0 aliphatic carbocycles. The minimum absolute atomic E-state index is 0.315. The van der Waals surface area contributed by atoms with Crippen molar-refractivity contribution < 1.29 is 33.3 Å². The highest BCUT2D eigenvalue weighted by atomic mass is 16.6. The van der Waals surface area contributed by atoms with Crippen LogP contribution in [-0.4, -0.2) is 46.8 Å². The summed E-state index contributed by atoms with van der Waals surface area (Å²) in [5.74, 6) is 1.91. The molecule has 3 aromatic carbocycles. The quantitative estimate of drug-likeness (QED) is 0.233. The van der Waals surface area contributed by atoms with Crippen LogP contribution in [0.3, 0.4) is 0 Å². The molecule has 2 heterocycles. The van der Waals surface area contributed by atoms with E-state index in [1.165, 1.54) is 4.90 Å². The number of carboxylic acid groups (broad SMARTS) is 1. The highest BCUT2D eigenvalue weighted by molar-refractivity contribution is 5.81. The minimum atomic E-state index is -1.05. The van der Waals surface area contributed by atoms with Crippen molar-refractivity contribution in [2.75, 3.05) is 13.7 Å². The van der Waals surface area contributed by atoms with E-state index in [1.54, 1.807) is 31.4 Å². The number of ether oxygens (including phenoxy) is 3. The number of aliphatic carboxylic acids is 1. The Hall–Kier alpha value is -4.79. The number of likely N-dealkylation sites (tertiary alicyclic amines) is 1. The van der Waals surface area contributed by atoms with Crippen molar-refractivity contribution in [3.63, 3.8) is 0 Å². The van der Waals surface area contributed by atoms with Crippen LogP contribution in [0, 0.1) is 6.92 Å². The molecule has 0 saturated carbocycles. The Labute approximate surface area is 244 Å². The van der Waals surface area contributed by atoms with Gasteiger partial charge in [-0.2, -0.15) is 0 Å². The van der Waals surface area contributed by atoms with E-state index in [2.05, 4.69) is 4.98 Å². The van der Waals surface area contributed by atoms with Crippen LogP contribution in [0.1, 0.15) is 48.7 Å². The number of aryl methyl sites for hydroxylation is 1. The third kappa shape index (κ3) is 6.74. The van der Waals surface area contributed by atoms with Gasteiger partial charge in [-0.15, -0.1) is 0 Å². The molecule has 2 atom stereocenters. The number of nitrogens with zero attached hydrogens (tertiary/aromatic N) is 2. The summed E-state index contributed by atoms with van der Waals surface area (Å²) in [7, 11) is 1.55. The lowest BCUT2D eigenvalue weighted by Gasteiger charge is -2.33. The number of benzene rings is 3. The Morgan fingerprint density at radius 2 is 1.60 bits per heavy atom. The fourth-order valence-corrected chi connectivity index (χ4v) is 5.21. The van der Waals surface area contributed by atoms with Gasteiger partial charge in [-0.05, 0) is 73.9 Å². The highest BCUT2D eigenvalue weighted by Gasteiger charge is 2.38. The summed E-state index contributed by atoms with van der Waals surface area (Å²) >= 11 is 0. The summed E-state index contributed by atoms with van der Waals surface area (Å²) in [6, 6.07) is 22.4. The van der Waals surface area contributed by atoms with Gasteiger partial charge in [0.15, 0.2) is 0 Å². The van der Waals surface area contributed by atoms with Gasteiger partial charge >= 0.3 is 12.1 Å². The summed E-state index contributed by atoms with van der Waals surface area (Å²) in [6.07, 6.45) is 2.36. The molecule has 218 valence electrons. The summed E-state index contributed by atoms with van der Waals surface area (Å²) in [6.45, 7) is 2.30. The van der Waals surface area contributed by atoms with Gasteiger partial charge in [-0.3, -0.25) is 4.90 Å². The monoisotopic (exact) mass is 570 g/mol. The second kappa shape index (κ2) is 13.2. The van der Waals surface area contributed by atoms with Crippen molar-refractivity contribution in [3.8, 4) is 28.7 Å². The predicted molar refractivity (Wildman–Crippen MR) is 156 cm³/mol. The maximum Gasteiger partial charge on any atom is 0.416 e. The maximum absolute atomic E-state index is 13.4. The molecular weight excluding hydrogens is 536 g/mol. The first-order valence-electron chi connectivity index (χ1n) is 14.0. The molecule has 4 aromatic rings. The third-order valence-electron chi connectivity index (χ3n) is 7.42. The van der Waals surface area contributed by atoms with E-state index < -0.39 is 24.1 Å². The Kier molecular flexibility index (Phi) is 9.06. The van der Waals surface area contributed by atoms with Gasteiger partial charge < -0.3 is 23.7 Å². The van der Waals surface area contributed by atoms with Gasteiger partial charge in [-0.25, -0.2) is 14.6 Å². The zero-order valence-corrected chi connectivity index (χ0v) is 23.7. The topological polar surface area (TPSA) is 111 Å². The number of hydrogen-bond acceptors (Lipinski definition) is 7. The maximum atomic E-state index is 13.4. The van der Waals surface area contributed by atoms with Crippen molar-refractivity contribution in [2.24, 2.45) is 0 Å². The molecule has 1 amide bonds. The average Bonchev–Trinajstić information content (AvgIpc) is 3.23. The second-order valence-corrected chi connectivity index (χ2v) is 10.2. The summed E-state index contributed by atoms with van der Waals surface area (Å²) in [5, 5.41) is 10.0. The number of carbonyl (C=O) groups excluding carboxylic acids is 1. The van der Waals surface area contributed by atoms with E-state index in [4.69, 9.17) is 18.6 Å². The van der Waals surface area contributed by atoms with Gasteiger partial charge in [-0.1, -0.05) is 43.2 Å². The number of rotatable bonds is 9. The molecule has 1 N–H and O–H groups in total. The molecule has 1 aliphatic heterocycles. The van der Waals surface area contributed by atoms with E-state index in [-0.39, 0.29) is 0 Å². The fourth-order valence-electron chi connectivity index (χ4n) is 5.21. The van der Waals surface area contributed by atoms with Crippen LogP contribution in [0.5, 0.6) is 17.2 Å². The number of oxazole rings is 1. The van der Waals surface area contributed by atoms with Gasteiger partial charge in [0.1, 0.15) is 29.1 Å². The van der Waals surface area contributed by atoms with Crippen molar-refractivity contribution in [3.05, 3.63) is 95.9 Å². The van der Waals surface area contributed by atoms with E-state index in [1.807, 2.05) is 61.5 Å². The third-order valence-corrected chi connectivity index (χ3v) is 7.42. The Morgan fingerprint density at radius 1 is 0.929 bits per heavy atom. The van der Waals surface area contributed by atoms with Crippen molar-refractivity contribution >= 4 is 12.1 Å². The molecule has 9 nitrogen and oxygen atoms in total. The summed E-state index contributed by atoms with van der Waals surface area (Å²) in [5.41, 5.74) is 2.59. The molecule has 5 rings (SSSR count). The second-order valence-electron chi connectivity index (χ2n) is 10.2. The van der Waals surface area contributed by atoms with Crippen LogP contribution in [0.2, 0.25) is 0 Å². The van der Waals surface area contributed by atoms with Crippen molar-refractivity contribution in [2.45, 2.75) is 51.1 Å². The van der Waals surface area contributed by atoms with E-state index in [0.717, 1.165) is 29.0 Å². The first-order valence-corrected chi connectivity index (χ1v) is 14.0. The molecule has 0 radical (unpaired) electrons. The molecule has 1 aromatic heterocycles. The Morgan fingerprint density at radius 3 is 2.29 bits per heavy atom. The number of amides is 1. The molecular formula is C33H34N2O7. The fraction of sp³-hybridized carbons (Fsp3) is 0.303. The first kappa shape index (κ1) is 28.7. The van der Waals surface area contributed by atoms with Gasteiger partial charge in [0, 0.05) is 12.0 Å². The zero-order valence-electron chi connectivity index (χ0n) is 23.7. The largest absolute Gasteiger partial charge is 0.497 e. The number of methoxy groups -OCH3 is 1. The zero-order chi connectivity index (χ0) is 29.5. The van der Waals surface area contributed by atoms with Crippen molar-refractivity contribution in [1.29, 1.82) is 0 Å². The van der Waals surface area contributed by atoms with Crippen LogP contribution in [-0.2, 0) is 11.2 Å². The van der Waals surface area contributed by atoms with Crippen LogP contribution in [0.25, 0.3) is 11.5 Å². The van der Waals surface area contributed by atoms with Crippen LogP contribution >= 0.6 is 0 Å². The number of aromatic nitrogens is 1. The smallest absolute Gasteiger partial charge is 0.416 e. The standard InChI is InChI=1S/C33H34N2O7/c1-22-28(34-31(41-22)24-8-4-3-5-9-24)20-21-40-26-14-12-23(13-15-26)29-10-6-7-11-30(32(36)37)35(29)33(38)42-27-18-16-25(39-2)17-19-27/h3-5,8-9,12-19,29-30H,6-7,10-11,20-21H2,1-2H3,(H,36,37)/t29?,30-/m0/s1. The summed E-state index contributed by atoms with van der Waals surface area (Å²) < 4.78 is 22.6. The lowest BCUT2D eigenvalue weighted by atomic mass is 10.0. The Balaban J connectivity index is 1.26. The summed E-state index contributed by atoms with van der Waals surface area (Å²) in [4.78, 5) is 31.6. The SMILES string of the molecule is COc1ccc(OC(=O)N2C(c3ccc(OCCc4nc(-c5ccccc5)oc4C)cc3)CCCC[C@H]2C(=O)O)cc1. The van der Waals surface area contributed by atoms with E-state index in [0.29, 0.717) is 55.4 Å². The minimum Gasteiger partial charge on any atom is -0.497 e. The number of carboxylic acids is 1. The van der Waals surface area contributed by atoms with Crippen LogP contribution in [0.4, 0.5) is 4.79 Å². The number of carbonyl (C=O) groups is 2. The van der Waals surface area contributed by atoms with Crippen LogP contribution < -0.4 is 14.2 Å². The highest BCUT2D eigenvalue weighted by Crippen LogP contribution is 2.35. The molecule has 1 aliphatic rings. The molecule has 1 fully saturated rings. The van der Waals surface area contributed by atoms with Gasteiger partial charge in [0.05, 0.1) is 25.5 Å². The molecule has 1 unspecified atom stereocenters. The average molecular weight is 571 g/mol. The molecule has 0 spiro atoms. The predicted octanol–water partition coefficient (Wildman–Crippen LogP) is 6.85. The molecule has 1 saturated heterocycles. The van der Waals surface area contributed by atoms with Gasteiger partial charge in [0.25, 0.3) is 0 Å². The van der Waals surface area contributed by atoms with Crippen LogP contribution in [0.15, 0.2) is 83.3 Å². The molecule has 0 bridgehead atoms. The molecule has 42 heavy (non-hydrogen) atoms. The molecule has 9 heteroatoms. The van der Waals surface area contributed by atoms with E-state index >= 15 is 0 Å².